The molecule has 0 aliphatic carbocycles. The summed E-state index contributed by atoms with van der Waals surface area (Å²) in [6.07, 6.45) is -0.0418. The van der Waals surface area contributed by atoms with Crippen molar-refractivity contribution in [3.05, 3.63) is 29.8 Å². The first-order valence-corrected chi connectivity index (χ1v) is 7.64. The number of ether oxygens (including phenoxy) is 1. The van der Waals surface area contributed by atoms with Gasteiger partial charge in [0.2, 0.25) is 10.0 Å². The van der Waals surface area contributed by atoms with Gasteiger partial charge in [-0.1, -0.05) is 12.1 Å². The van der Waals surface area contributed by atoms with Crippen molar-refractivity contribution in [2.75, 3.05) is 20.2 Å². The van der Waals surface area contributed by atoms with Crippen molar-refractivity contribution in [3.63, 3.8) is 0 Å². The van der Waals surface area contributed by atoms with E-state index in [1.807, 2.05) is 0 Å². The number of hydrogen-bond acceptors (Lipinski definition) is 5. The van der Waals surface area contributed by atoms with E-state index >= 15 is 0 Å². The summed E-state index contributed by atoms with van der Waals surface area (Å²) in [5.74, 6) is -1.70. The van der Waals surface area contributed by atoms with Gasteiger partial charge >= 0.3 is 11.9 Å². The summed E-state index contributed by atoms with van der Waals surface area (Å²) in [6, 6.07) is 5.79. The Hall–Kier alpha value is -1.93. The first-order chi connectivity index (χ1) is 9.77. The van der Waals surface area contributed by atoms with Gasteiger partial charge in [-0.2, -0.15) is 4.31 Å². The minimum atomic E-state index is -3.90. The van der Waals surface area contributed by atoms with Crippen LogP contribution in [0.3, 0.4) is 0 Å². The molecule has 7 nitrogen and oxygen atoms in total. The largest absolute Gasteiger partial charge is 0.480 e. The van der Waals surface area contributed by atoms with Gasteiger partial charge in [-0.15, -0.1) is 0 Å². The van der Waals surface area contributed by atoms with Crippen molar-refractivity contribution in [1.29, 1.82) is 0 Å². The maximum Gasteiger partial charge on any atom is 0.318 e. The highest BCUT2D eigenvalue weighted by Crippen LogP contribution is 2.16. The number of carbonyl (C=O) groups excluding carboxylic acids is 1. The first-order valence-electron chi connectivity index (χ1n) is 6.20. The maximum atomic E-state index is 12.2. The molecule has 21 heavy (non-hydrogen) atoms. The third kappa shape index (κ3) is 4.83. The Morgan fingerprint density at radius 1 is 1.33 bits per heavy atom. The van der Waals surface area contributed by atoms with Crippen molar-refractivity contribution < 1.29 is 27.9 Å². The van der Waals surface area contributed by atoms with Crippen LogP contribution in [-0.2, 0) is 30.8 Å². The lowest BCUT2D eigenvalue weighted by Crippen LogP contribution is -2.32. The lowest BCUT2D eigenvalue weighted by molar-refractivity contribution is -0.142. The molecule has 0 fully saturated rings. The number of hydrogen-bond donors (Lipinski definition) is 1. The average Bonchev–Trinajstić information content (AvgIpc) is 2.38. The maximum absolute atomic E-state index is 12.2. The summed E-state index contributed by atoms with van der Waals surface area (Å²) in [5.41, 5.74) is 0.484. The zero-order valence-electron chi connectivity index (χ0n) is 11.8. The summed E-state index contributed by atoms with van der Waals surface area (Å²) >= 11 is 0. The topological polar surface area (TPSA) is 101 Å². The van der Waals surface area contributed by atoms with Gasteiger partial charge in [-0.3, -0.25) is 9.59 Å². The molecule has 116 valence electrons. The molecule has 0 saturated heterocycles. The second-order valence-corrected chi connectivity index (χ2v) is 6.33. The number of carbonyl (C=O) groups is 2. The molecule has 1 aromatic carbocycles. The highest BCUT2D eigenvalue weighted by molar-refractivity contribution is 7.89. The SMILES string of the molecule is CCOC(=O)Cc1cccc(S(=O)(=O)N(C)CC(=O)O)c1. The monoisotopic (exact) mass is 315 g/mol. The molecule has 0 aliphatic rings. The minimum Gasteiger partial charge on any atom is -0.480 e. The normalized spacial score (nSPS) is 11.4. The Morgan fingerprint density at radius 2 is 2.00 bits per heavy atom. The minimum absolute atomic E-state index is 0.0418. The van der Waals surface area contributed by atoms with Crippen molar-refractivity contribution in [3.8, 4) is 0 Å². The Morgan fingerprint density at radius 3 is 2.57 bits per heavy atom. The fourth-order valence-electron chi connectivity index (χ4n) is 1.65. The summed E-state index contributed by atoms with van der Waals surface area (Å²) in [4.78, 5) is 21.9. The van der Waals surface area contributed by atoms with Crippen LogP contribution in [0.25, 0.3) is 0 Å². The van der Waals surface area contributed by atoms with E-state index in [4.69, 9.17) is 9.84 Å². The van der Waals surface area contributed by atoms with E-state index in [9.17, 15) is 18.0 Å². The van der Waals surface area contributed by atoms with E-state index < -0.39 is 28.5 Å². The number of sulfonamides is 1. The highest BCUT2D eigenvalue weighted by Gasteiger charge is 2.23. The first kappa shape index (κ1) is 17.1. The zero-order chi connectivity index (χ0) is 16.0. The molecule has 0 heterocycles. The fourth-order valence-corrected chi connectivity index (χ4v) is 2.84. The second kappa shape index (κ2) is 7.19. The molecule has 0 amide bonds. The van der Waals surface area contributed by atoms with Crippen LogP contribution in [0.5, 0.6) is 0 Å². The molecule has 0 bridgehead atoms. The molecule has 1 rings (SSSR count). The standard InChI is InChI=1S/C13H17NO6S/c1-3-20-13(17)8-10-5-4-6-11(7-10)21(18,19)14(2)9-12(15)16/h4-7H,3,8-9H2,1-2H3,(H,15,16). The van der Waals surface area contributed by atoms with Gasteiger partial charge in [0.15, 0.2) is 0 Å². The van der Waals surface area contributed by atoms with E-state index in [-0.39, 0.29) is 17.9 Å². The van der Waals surface area contributed by atoms with E-state index in [0.29, 0.717) is 5.56 Å². The zero-order valence-corrected chi connectivity index (χ0v) is 12.6. The van der Waals surface area contributed by atoms with E-state index in [0.717, 1.165) is 4.31 Å². The number of rotatable bonds is 7. The van der Waals surface area contributed by atoms with Gasteiger partial charge in [-0.05, 0) is 24.6 Å². The van der Waals surface area contributed by atoms with Crippen LogP contribution in [0.1, 0.15) is 12.5 Å². The number of carboxylic acids is 1. The summed E-state index contributed by atoms with van der Waals surface area (Å²) in [6.45, 7) is 1.29. The molecule has 0 spiro atoms. The Balaban J connectivity index is 2.98. The number of nitrogens with zero attached hydrogens (tertiary/aromatic N) is 1. The van der Waals surface area contributed by atoms with E-state index in [1.165, 1.54) is 25.2 Å². The second-order valence-electron chi connectivity index (χ2n) is 4.28. The molecular weight excluding hydrogens is 298 g/mol. The molecule has 0 saturated carbocycles. The Kier molecular flexibility index (Phi) is 5.86. The molecule has 0 aromatic heterocycles. The summed E-state index contributed by atoms with van der Waals surface area (Å²) < 4.78 is 29.9. The summed E-state index contributed by atoms with van der Waals surface area (Å²) in [5, 5.41) is 8.66. The van der Waals surface area contributed by atoms with Crippen molar-refractivity contribution in [2.24, 2.45) is 0 Å². The van der Waals surface area contributed by atoms with Crippen LogP contribution < -0.4 is 0 Å². The third-order valence-corrected chi connectivity index (χ3v) is 4.42. The van der Waals surface area contributed by atoms with Crippen molar-refractivity contribution >= 4 is 22.0 Å². The molecule has 0 atom stereocenters. The summed E-state index contributed by atoms with van der Waals surface area (Å²) in [7, 11) is -2.72. The van der Waals surface area contributed by atoms with Crippen LogP contribution in [0, 0.1) is 0 Å². The van der Waals surface area contributed by atoms with Crippen molar-refractivity contribution in [2.45, 2.75) is 18.2 Å². The number of benzene rings is 1. The fraction of sp³-hybridized carbons (Fsp3) is 0.385. The number of likely N-dealkylation sites (N-methyl/N-ethyl adjacent to an activating group) is 1. The lowest BCUT2D eigenvalue weighted by Gasteiger charge is -2.15. The van der Waals surface area contributed by atoms with Gasteiger partial charge in [-0.25, -0.2) is 8.42 Å². The van der Waals surface area contributed by atoms with Crippen LogP contribution >= 0.6 is 0 Å². The number of aliphatic carboxylic acids is 1. The van der Waals surface area contributed by atoms with Gasteiger partial charge in [0, 0.05) is 7.05 Å². The lowest BCUT2D eigenvalue weighted by atomic mass is 10.1. The Bertz CT molecular complexity index is 625. The van der Waals surface area contributed by atoms with E-state index in [2.05, 4.69) is 0 Å². The predicted molar refractivity (Wildman–Crippen MR) is 74.2 cm³/mol. The third-order valence-electron chi connectivity index (χ3n) is 2.62. The molecule has 0 aliphatic heterocycles. The van der Waals surface area contributed by atoms with Crippen LogP contribution in [-0.4, -0.2) is 50.0 Å². The van der Waals surface area contributed by atoms with Crippen LogP contribution in [0.15, 0.2) is 29.2 Å². The van der Waals surface area contributed by atoms with Gasteiger partial charge < -0.3 is 9.84 Å². The Labute approximate surface area is 123 Å². The molecule has 1 N–H and O–H groups in total. The molecule has 8 heteroatoms. The molecule has 0 radical (unpaired) electrons. The highest BCUT2D eigenvalue weighted by atomic mass is 32.2. The van der Waals surface area contributed by atoms with Crippen molar-refractivity contribution in [1.82, 2.24) is 4.31 Å². The van der Waals surface area contributed by atoms with Gasteiger partial charge in [0.05, 0.1) is 17.9 Å². The molecule has 1 aromatic rings. The van der Waals surface area contributed by atoms with Crippen LogP contribution in [0.4, 0.5) is 0 Å². The molecular formula is C13H17NO6S. The number of carboxylic acid groups (broad SMARTS) is 1. The smallest absolute Gasteiger partial charge is 0.318 e. The average molecular weight is 315 g/mol. The van der Waals surface area contributed by atoms with E-state index in [1.54, 1.807) is 13.0 Å². The van der Waals surface area contributed by atoms with Gasteiger partial charge in [0.25, 0.3) is 0 Å². The van der Waals surface area contributed by atoms with Gasteiger partial charge in [0.1, 0.15) is 6.54 Å². The number of esters is 1. The predicted octanol–water partition coefficient (Wildman–Crippen LogP) is 0.497. The molecule has 0 unspecified atom stereocenters. The quantitative estimate of drug-likeness (QED) is 0.735. The van der Waals surface area contributed by atoms with Crippen LogP contribution in [0.2, 0.25) is 0 Å².